The average Bonchev–Trinajstić information content (AvgIpc) is 2.66. The molecule has 1 heterocycles. The lowest BCUT2D eigenvalue weighted by Crippen LogP contribution is -2.54. The fraction of sp³-hybridized carbons (Fsp3) is 0.0500. The van der Waals surface area contributed by atoms with Crippen molar-refractivity contribution in [2.24, 2.45) is 0 Å². The number of nitrogens with zero attached hydrogens (tertiary/aromatic N) is 1. The van der Waals surface area contributed by atoms with Gasteiger partial charge in [0.15, 0.2) is 5.11 Å². The van der Waals surface area contributed by atoms with Crippen LogP contribution in [0, 0.1) is 0 Å². The molecule has 0 bridgehead atoms. The Balaban J connectivity index is 1.98. The number of thiocarbonyl (C=S) groups is 1. The predicted octanol–water partition coefficient (Wildman–Crippen LogP) is 5.37. The van der Waals surface area contributed by atoms with Gasteiger partial charge in [0.2, 0.25) is 0 Å². The second-order valence-corrected chi connectivity index (χ2v) is 8.86. The monoisotopic (exact) mass is 598 g/mol. The lowest BCUT2D eigenvalue weighted by molar-refractivity contribution is -0.122. The van der Waals surface area contributed by atoms with Crippen molar-refractivity contribution in [3.8, 4) is 5.75 Å². The van der Waals surface area contributed by atoms with Gasteiger partial charge in [-0.05, 0) is 92.1 Å². The summed E-state index contributed by atoms with van der Waals surface area (Å²) >= 11 is 15.5. The van der Waals surface area contributed by atoms with Crippen molar-refractivity contribution < 1.29 is 14.3 Å². The molecule has 1 aliphatic rings. The number of rotatable bonds is 5. The molecular formula is C20H13Br3N2O3S. The number of anilines is 1. The first-order chi connectivity index (χ1) is 13.8. The van der Waals surface area contributed by atoms with Crippen LogP contribution in [0.15, 0.2) is 68.0 Å². The number of nitrogens with one attached hydrogen (secondary N) is 1. The minimum atomic E-state index is -0.549. The molecule has 2 amide bonds. The van der Waals surface area contributed by atoms with E-state index in [1.54, 1.807) is 42.5 Å². The van der Waals surface area contributed by atoms with Crippen LogP contribution in [0.3, 0.4) is 0 Å². The molecule has 1 aliphatic heterocycles. The summed E-state index contributed by atoms with van der Waals surface area (Å²) in [6, 6.07) is 10.6. The number of halogens is 3. The lowest BCUT2D eigenvalue weighted by atomic mass is 10.1. The van der Waals surface area contributed by atoms with Gasteiger partial charge in [0.1, 0.15) is 17.9 Å². The topological polar surface area (TPSA) is 58.6 Å². The molecule has 2 aromatic rings. The van der Waals surface area contributed by atoms with E-state index in [4.69, 9.17) is 17.0 Å². The van der Waals surface area contributed by atoms with Crippen LogP contribution in [0.2, 0.25) is 0 Å². The van der Waals surface area contributed by atoms with Gasteiger partial charge in [0, 0.05) is 4.47 Å². The highest BCUT2D eigenvalue weighted by Crippen LogP contribution is 2.35. The van der Waals surface area contributed by atoms with Crippen LogP contribution in [0.5, 0.6) is 5.75 Å². The maximum absolute atomic E-state index is 13.1. The molecule has 5 nitrogen and oxygen atoms in total. The molecule has 1 saturated heterocycles. The van der Waals surface area contributed by atoms with Crippen LogP contribution in [0.4, 0.5) is 5.69 Å². The summed E-state index contributed by atoms with van der Waals surface area (Å²) in [5.74, 6) is -0.447. The van der Waals surface area contributed by atoms with E-state index in [9.17, 15) is 9.59 Å². The predicted molar refractivity (Wildman–Crippen MR) is 128 cm³/mol. The summed E-state index contributed by atoms with van der Waals surface area (Å²) in [5.41, 5.74) is 1.17. The maximum Gasteiger partial charge on any atom is 0.270 e. The molecule has 29 heavy (non-hydrogen) atoms. The van der Waals surface area contributed by atoms with E-state index in [0.717, 1.165) is 4.47 Å². The maximum atomic E-state index is 13.1. The van der Waals surface area contributed by atoms with Gasteiger partial charge in [-0.25, -0.2) is 0 Å². The quantitative estimate of drug-likeness (QED) is 0.217. The third-order valence-electron chi connectivity index (χ3n) is 3.86. The Hall–Kier alpha value is -1.81. The highest BCUT2D eigenvalue weighted by Gasteiger charge is 2.34. The van der Waals surface area contributed by atoms with Crippen molar-refractivity contribution in [3.05, 3.63) is 73.6 Å². The van der Waals surface area contributed by atoms with Crippen LogP contribution in [0.1, 0.15) is 5.56 Å². The minimum Gasteiger partial charge on any atom is -0.487 e. The van der Waals surface area contributed by atoms with E-state index < -0.39 is 11.8 Å². The molecule has 0 aromatic heterocycles. The molecule has 3 rings (SSSR count). The van der Waals surface area contributed by atoms with Crippen LogP contribution in [-0.4, -0.2) is 23.5 Å². The number of hydrogen-bond donors (Lipinski definition) is 1. The Kier molecular flexibility index (Phi) is 7.05. The van der Waals surface area contributed by atoms with Gasteiger partial charge in [-0.15, -0.1) is 0 Å². The van der Waals surface area contributed by atoms with Gasteiger partial charge < -0.3 is 4.74 Å². The van der Waals surface area contributed by atoms with Gasteiger partial charge in [0.25, 0.3) is 11.8 Å². The van der Waals surface area contributed by atoms with E-state index >= 15 is 0 Å². The average molecular weight is 601 g/mol. The highest BCUT2D eigenvalue weighted by molar-refractivity contribution is 9.11. The molecular weight excluding hydrogens is 588 g/mol. The van der Waals surface area contributed by atoms with Crippen LogP contribution < -0.4 is 15.0 Å². The first-order valence-electron chi connectivity index (χ1n) is 8.21. The zero-order valence-corrected chi connectivity index (χ0v) is 20.3. The number of ether oxygens (including phenoxy) is 1. The fourth-order valence-corrected chi connectivity index (χ4v) is 4.59. The normalized spacial score (nSPS) is 15.5. The van der Waals surface area contributed by atoms with Gasteiger partial charge >= 0.3 is 0 Å². The Labute approximate surface area is 198 Å². The Morgan fingerprint density at radius 3 is 2.31 bits per heavy atom. The summed E-state index contributed by atoms with van der Waals surface area (Å²) in [7, 11) is 0. The van der Waals surface area contributed by atoms with Gasteiger partial charge in [-0.3, -0.25) is 19.8 Å². The summed E-state index contributed by atoms with van der Waals surface area (Å²) in [5, 5.41) is 2.61. The van der Waals surface area contributed by atoms with Crippen molar-refractivity contribution in [1.29, 1.82) is 0 Å². The van der Waals surface area contributed by atoms with Crippen molar-refractivity contribution >= 4 is 88.7 Å². The third-order valence-corrected chi connectivity index (χ3v) is 5.86. The molecule has 0 saturated carbocycles. The Morgan fingerprint density at radius 2 is 1.72 bits per heavy atom. The molecule has 2 aromatic carbocycles. The first-order valence-corrected chi connectivity index (χ1v) is 11.0. The zero-order chi connectivity index (χ0) is 21.1. The smallest absolute Gasteiger partial charge is 0.270 e. The number of carbonyl (C=O) groups excluding carboxylic acids is 2. The van der Waals surface area contributed by atoms with Crippen molar-refractivity contribution in [3.63, 3.8) is 0 Å². The molecule has 1 fully saturated rings. The molecule has 148 valence electrons. The van der Waals surface area contributed by atoms with E-state index in [1.807, 2.05) is 0 Å². The number of hydrogen-bond acceptors (Lipinski definition) is 4. The standard InChI is InChI=1S/C20H13Br3N2O3S/c1-2-7-28-17-15(22)9-11(10-16(17)23)8-14-18(26)24-20(29)25(19(14)27)13-5-3-12(21)4-6-13/h2-6,8-10H,1,7H2,(H,24,26,29)/b14-8-. The van der Waals surface area contributed by atoms with Crippen LogP contribution in [0.25, 0.3) is 6.08 Å². The first kappa shape index (κ1) is 21.9. The van der Waals surface area contributed by atoms with Crippen molar-refractivity contribution in [1.82, 2.24) is 5.32 Å². The Morgan fingerprint density at radius 1 is 1.10 bits per heavy atom. The number of benzene rings is 2. The van der Waals surface area contributed by atoms with Crippen molar-refractivity contribution in [2.75, 3.05) is 11.5 Å². The zero-order valence-electron chi connectivity index (χ0n) is 14.7. The van der Waals surface area contributed by atoms with Crippen molar-refractivity contribution in [2.45, 2.75) is 0 Å². The summed E-state index contributed by atoms with van der Waals surface area (Å²) in [6.07, 6.45) is 3.15. The second kappa shape index (κ2) is 9.34. The largest absolute Gasteiger partial charge is 0.487 e. The van der Waals surface area contributed by atoms with Crippen LogP contribution >= 0.6 is 60.0 Å². The molecule has 0 spiro atoms. The van der Waals surface area contributed by atoms with E-state index in [1.165, 1.54) is 11.0 Å². The molecule has 0 unspecified atom stereocenters. The van der Waals surface area contributed by atoms with Gasteiger partial charge in [-0.1, -0.05) is 28.6 Å². The van der Waals surface area contributed by atoms with E-state index in [0.29, 0.717) is 32.6 Å². The SMILES string of the molecule is C=CCOc1c(Br)cc(/C=C2/C(=O)NC(=S)N(c3ccc(Br)cc3)C2=O)cc1Br. The summed E-state index contributed by atoms with van der Waals surface area (Å²) < 4.78 is 7.80. The van der Waals surface area contributed by atoms with E-state index in [-0.39, 0.29) is 10.7 Å². The van der Waals surface area contributed by atoms with Gasteiger partial charge in [-0.2, -0.15) is 0 Å². The van der Waals surface area contributed by atoms with Gasteiger partial charge in [0.05, 0.1) is 14.6 Å². The number of carbonyl (C=O) groups is 2. The number of amides is 2. The summed E-state index contributed by atoms with van der Waals surface area (Å²) in [6.45, 7) is 3.97. The minimum absolute atomic E-state index is 0.0277. The Bertz CT molecular complexity index is 1030. The molecule has 0 radical (unpaired) electrons. The van der Waals surface area contributed by atoms with E-state index in [2.05, 4.69) is 59.7 Å². The molecule has 0 atom stereocenters. The molecule has 1 N–H and O–H groups in total. The summed E-state index contributed by atoms with van der Waals surface area (Å²) in [4.78, 5) is 26.8. The third kappa shape index (κ3) is 4.85. The molecule has 0 aliphatic carbocycles. The lowest BCUT2D eigenvalue weighted by Gasteiger charge is -2.29. The molecule has 9 heteroatoms. The fourth-order valence-electron chi connectivity index (χ4n) is 2.59. The highest BCUT2D eigenvalue weighted by atomic mass is 79.9. The second-order valence-electron chi connectivity index (χ2n) is 5.85. The van der Waals surface area contributed by atoms with Crippen LogP contribution in [-0.2, 0) is 9.59 Å².